The maximum Gasteiger partial charge on any atom is 0.407 e. The largest absolute Gasteiger partial charge is 0.465 e. The predicted octanol–water partition coefficient (Wildman–Crippen LogP) is 4.51. The Morgan fingerprint density at radius 1 is 1.30 bits per heavy atom. The third-order valence-electron chi connectivity index (χ3n) is 6.38. The first-order valence-electron chi connectivity index (χ1n) is 9.90. The summed E-state index contributed by atoms with van der Waals surface area (Å²) >= 11 is 6.01. The molecule has 0 aromatic heterocycles. The quantitative estimate of drug-likeness (QED) is 0.825. The molecule has 5 nitrogen and oxygen atoms in total. The number of carboxylic acid groups (broad SMARTS) is 1. The number of halogens is 1. The van der Waals surface area contributed by atoms with Gasteiger partial charge in [0.1, 0.15) is 0 Å². The molecule has 1 aliphatic heterocycles. The SMILES string of the molecule is CCC1CN(C2CCC(C#N)(c3ccc(Cl)cc3)CC2)CCCN1C(=O)O. The van der Waals surface area contributed by atoms with Gasteiger partial charge in [0, 0.05) is 36.7 Å². The summed E-state index contributed by atoms with van der Waals surface area (Å²) in [5, 5.41) is 20.1. The number of hydrogen-bond acceptors (Lipinski definition) is 3. The lowest BCUT2D eigenvalue weighted by Crippen LogP contribution is -2.47. The second kappa shape index (κ2) is 8.50. The highest BCUT2D eigenvalue weighted by atomic mass is 35.5. The van der Waals surface area contributed by atoms with Crippen molar-refractivity contribution in [2.24, 2.45) is 0 Å². The van der Waals surface area contributed by atoms with Crippen LogP contribution >= 0.6 is 11.6 Å². The van der Waals surface area contributed by atoms with Crippen LogP contribution in [-0.2, 0) is 5.41 Å². The van der Waals surface area contributed by atoms with Gasteiger partial charge < -0.3 is 10.0 Å². The van der Waals surface area contributed by atoms with E-state index in [0.29, 0.717) is 17.6 Å². The number of amides is 1. The third kappa shape index (κ3) is 4.23. The maximum atomic E-state index is 11.5. The first kappa shape index (κ1) is 20.0. The van der Waals surface area contributed by atoms with E-state index in [1.807, 2.05) is 24.3 Å². The third-order valence-corrected chi connectivity index (χ3v) is 6.64. The molecule has 1 aliphatic carbocycles. The Morgan fingerprint density at radius 2 is 1.96 bits per heavy atom. The van der Waals surface area contributed by atoms with Crippen LogP contribution in [0.4, 0.5) is 4.79 Å². The Bertz CT molecular complexity index is 692. The lowest BCUT2D eigenvalue weighted by molar-refractivity contribution is 0.101. The molecule has 27 heavy (non-hydrogen) atoms. The molecule has 1 aromatic carbocycles. The van der Waals surface area contributed by atoms with Crippen molar-refractivity contribution in [1.29, 1.82) is 5.26 Å². The average molecular weight is 390 g/mol. The smallest absolute Gasteiger partial charge is 0.407 e. The number of hydrogen-bond donors (Lipinski definition) is 1. The fourth-order valence-corrected chi connectivity index (χ4v) is 4.84. The number of nitriles is 1. The molecule has 1 saturated carbocycles. The summed E-state index contributed by atoms with van der Waals surface area (Å²) in [6, 6.07) is 10.8. The summed E-state index contributed by atoms with van der Waals surface area (Å²) < 4.78 is 0. The van der Waals surface area contributed by atoms with Gasteiger partial charge in [0.05, 0.1) is 11.5 Å². The molecule has 2 fully saturated rings. The molecule has 1 unspecified atom stereocenters. The molecule has 6 heteroatoms. The molecule has 1 amide bonds. The first-order chi connectivity index (χ1) is 13.0. The molecule has 1 atom stereocenters. The zero-order valence-electron chi connectivity index (χ0n) is 15.9. The van der Waals surface area contributed by atoms with Crippen LogP contribution in [0.25, 0.3) is 0 Å². The Labute approximate surface area is 166 Å². The van der Waals surface area contributed by atoms with Crippen LogP contribution < -0.4 is 0 Å². The second-order valence-corrected chi connectivity index (χ2v) is 8.25. The highest BCUT2D eigenvalue weighted by Crippen LogP contribution is 2.41. The van der Waals surface area contributed by atoms with Crippen molar-refractivity contribution in [3.05, 3.63) is 34.9 Å². The molecule has 0 spiro atoms. The molecular weight excluding hydrogens is 362 g/mol. The van der Waals surface area contributed by atoms with Crippen LogP contribution in [0.3, 0.4) is 0 Å². The number of rotatable bonds is 3. The van der Waals surface area contributed by atoms with E-state index < -0.39 is 11.5 Å². The van der Waals surface area contributed by atoms with Crippen LogP contribution in [-0.4, -0.2) is 52.7 Å². The van der Waals surface area contributed by atoms with E-state index >= 15 is 0 Å². The summed E-state index contributed by atoms with van der Waals surface area (Å²) in [5.74, 6) is 0. The minimum atomic E-state index is -0.807. The minimum Gasteiger partial charge on any atom is -0.465 e. The van der Waals surface area contributed by atoms with Crippen molar-refractivity contribution in [3.8, 4) is 6.07 Å². The highest BCUT2D eigenvalue weighted by Gasteiger charge is 2.40. The van der Waals surface area contributed by atoms with Crippen molar-refractivity contribution >= 4 is 17.7 Å². The van der Waals surface area contributed by atoms with Crippen molar-refractivity contribution in [1.82, 2.24) is 9.80 Å². The topological polar surface area (TPSA) is 67.6 Å². The zero-order chi connectivity index (χ0) is 19.4. The number of carbonyl (C=O) groups is 1. The minimum absolute atomic E-state index is 0.0592. The molecule has 2 aliphatic rings. The zero-order valence-corrected chi connectivity index (χ0v) is 16.7. The van der Waals surface area contributed by atoms with Gasteiger partial charge in [-0.15, -0.1) is 0 Å². The van der Waals surface area contributed by atoms with E-state index in [-0.39, 0.29) is 6.04 Å². The van der Waals surface area contributed by atoms with Crippen molar-refractivity contribution in [3.63, 3.8) is 0 Å². The van der Waals surface area contributed by atoms with Crippen molar-refractivity contribution in [2.45, 2.75) is 62.9 Å². The molecule has 0 radical (unpaired) electrons. The van der Waals surface area contributed by atoms with Gasteiger partial charge in [0.2, 0.25) is 0 Å². The van der Waals surface area contributed by atoms with E-state index in [9.17, 15) is 15.2 Å². The fraction of sp³-hybridized carbons (Fsp3) is 0.619. The average Bonchev–Trinajstić information content (AvgIpc) is 2.91. The summed E-state index contributed by atoms with van der Waals surface area (Å²) in [6.07, 6.45) is 4.53. The lowest BCUT2D eigenvalue weighted by Gasteiger charge is -2.41. The summed E-state index contributed by atoms with van der Waals surface area (Å²) in [5.41, 5.74) is 0.636. The van der Waals surface area contributed by atoms with Gasteiger partial charge in [-0.1, -0.05) is 30.7 Å². The fourth-order valence-electron chi connectivity index (χ4n) is 4.71. The molecule has 1 saturated heterocycles. The molecule has 1 aromatic rings. The Morgan fingerprint density at radius 3 is 2.52 bits per heavy atom. The first-order valence-corrected chi connectivity index (χ1v) is 10.3. The predicted molar refractivity (Wildman–Crippen MR) is 106 cm³/mol. The van der Waals surface area contributed by atoms with Crippen LogP contribution in [0.2, 0.25) is 5.02 Å². The van der Waals surface area contributed by atoms with Crippen molar-refractivity contribution < 1.29 is 9.90 Å². The van der Waals surface area contributed by atoms with Gasteiger partial charge in [0.25, 0.3) is 0 Å². The number of benzene rings is 1. The molecular formula is C21H28ClN3O2. The molecule has 0 bridgehead atoms. The Kier molecular flexibility index (Phi) is 6.29. The molecule has 3 rings (SSSR count). The summed E-state index contributed by atoms with van der Waals surface area (Å²) in [4.78, 5) is 15.6. The Hall–Kier alpha value is -1.77. The van der Waals surface area contributed by atoms with Crippen LogP contribution in [0, 0.1) is 11.3 Å². The van der Waals surface area contributed by atoms with Gasteiger partial charge >= 0.3 is 6.09 Å². The van der Waals surface area contributed by atoms with Gasteiger partial charge in [-0.25, -0.2) is 4.79 Å². The lowest BCUT2D eigenvalue weighted by atomic mass is 9.69. The monoisotopic (exact) mass is 389 g/mol. The molecule has 1 heterocycles. The van der Waals surface area contributed by atoms with Crippen molar-refractivity contribution in [2.75, 3.05) is 19.6 Å². The molecule has 1 N–H and O–H groups in total. The standard InChI is InChI=1S/C21H28ClN3O2/c1-2-18-14-24(12-3-13-25(18)20(26)27)19-8-10-21(15-23,11-9-19)16-4-6-17(22)7-5-16/h4-7,18-19H,2-3,8-14H2,1H3,(H,26,27). The Balaban J connectivity index is 1.68. The number of nitrogens with zero attached hydrogens (tertiary/aromatic N) is 3. The van der Waals surface area contributed by atoms with Crippen LogP contribution in [0.5, 0.6) is 0 Å². The maximum absolute atomic E-state index is 11.5. The van der Waals surface area contributed by atoms with E-state index in [1.54, 1.807) is 4.90 Å². The van der Waals surface area contributed by atoms with E-state index in [2.05, 4.69) is 17.9 Å². The molecule has 146 valence electrons. The van der Waals surface area contributed by atoms with E-state index in [0.717, 1.165) is 57.2 Å². The van der Waals surface area contributed by atoms with E-state index in [4.69, 9.17) is 11.6 Å². The van der Waals surface area contributed by atoms with E-state index in [1.165, 1.54) is 0 Å². The summed E-state index contributed by atoms with van der Waals surface area (Å²) in [6.45, 7) is 4.41. The van der Waals surface area contributed by atoms with Gasteiger partial charge in [-0.2, -0.15) is 5.26 Å². The van der Waals surface area contributed by atoms with Crippen LogP contribution in [0.15, 0.2) is 24.3 Å². The normalized spacial score (nSPS) is 29.7. The second-order valence-electron chi connectivity index (χ2n) is 7.82. The van der Waals surface area contributed by atoms with Gasteiger partial charge in [-0.3, -0.25) is 4.90 Å². The van der Waals surface area contributed by atoms with Crippen LogP contribution in [0.1, 0.15) is 51.0 Å². The highest BCUT2D eigenvalue weighted by molar-refractivity contribution is 6.30. The summed E-state index contributed by atoms with van der Waals surface area (Å²) in [7, 11) is 0. The van der Waals surface area contributed by atoms with Gasteiger partial charge in [0.15, 0.2) is 0 Å². The van der Waals surface area contributed by atoms with Gasteiger partial charge in [-0.05, 0) is 56.2 Å².